The van der Waals surface area contributed by atoms with E-state index in [4.69, 9.17) is 9.47 Å². The third-order valence-electron chi connectivity index (χ3n) is 1.76. The predicted octanol–water partition coefficient (Wildman–Crippen LogP) is 2.98. The highest BCUT2D eigenvalue weighted by Crippen LogP contribution is 2.21. The molecule has 1 amide bonds. The van der Waals surface area contributed by atoms with Gasteiger partial charge in [0.1, 0.15) is 18.1 Å². The molecule has 0 radical (unpaired) electrons. The van der Waals surface area contributed by atoms with Crippen molar-refractivity contribution in [2.75, 3.05) is 0 Å². The number of carbonyl (C=O) groups excluding carboxylic acids is 1. The van der Waals surface area contributed by atoms with Crippen LogP contribution < -0.4 is 0 Å². The molecule has 0 atom stereocenters. The topological polar surface area (TPSA) is 38.8 Å². The molecule has 0 fully saturated rings. The lowest BCUT2D eigenvalue weighted by Gasteiger charge is -2.29. The van der Waals surface area contributed by atoms with Gasteiger partial charge in [0.15, 0.2) is 0 Å². The van der Waals surface area contributed by atoms with Crippen LogP contribution in [0.2, 0.25) is 0 Å². The molecular formula is C11H17NO3. The highest BCUT2D eigenvalue weighted by atomic mass is 16.6. The maximum Gasteiger partial charge on any atom is 0.419 e. The van der Waals surface area contributed by atoms with Gasteiger partial charge >= 0.3 is 6.09 Å². The predicted molar refractivity (Wildman–Crippen MR) is 56.7 cm³/mol. The molecule has 0 spiro atoms. The van der Waals surface area contributed by atoms with E-state index in [2.05, 4.69) is 0 Å². The number of nitrogens with zero attached hydrogens (tertiary/aromatic N) is 1. The van der Waals surface area contributed by atoms with Crippen LogP contribution in [0.25, 0.3) is 0 Å². The second-order valence-electron chi connectivity index (χ2n) is 4.47. The Labute approximate surface area is 90.2 Å². The van der Waals surface area contributed by atoms with E-state index in [0.717, 1.165) is 0 Å². The summed E-state index contributed by atoms with van der Waals surface area (Å²) in [6.45, 7) is 9.09. The molecule has 0 N–H and O–H groups in total. The summed E-state index contributed by atoms with van der Waals surface area (Å²) in [7, 11) is 0. The minimum Gasteiger partial charge on any atom is -0.469 e. The van der Waals surface area contributed by atoms with Crippen LogP contribution in [0.15, 0.2) is 23.9 Å². The molecule has 4 nitrogen and oxygen atoms in total. The standard InChI is InChI=1S/C11H17NO3/c1-8-6-14-7-9(2)12(8)10(13)15-11(3,4)5/h6-7H,1-5H3. The van der Waals surface area contributed by atoms with E-state index in [0.29, 0.717) is 11.4 Å². The Morgan fingerprint density at radius 2 is 1.73 bits per heavy atom. The Balaban J connectivity index is 2.78. The van der Waals surface area contributed by atoms with Crippen molar-refractivity contribution in [3.05, 3.63) is 23.9 Å². The zero-order chi connectivity index (χ0) is 11.6. The van der Waals surface area contributed by atoms with E-state index in [1.165, 1.54) is 17.4 Å². The van der Waals surface area contributed by atoms with Gasteiger partial charge in [0.25, 0.3) is 0 Å². The van der Waals surface area contributed by atoms with Crippen molar-refractivity contribution in [1.29, 1.82) is 0 Å². The summed E-state index contributed by atoms with van der Waals surface area (Å²) in [4.78, 5) is 13.3. The van der Waals surface area contributed by atoms with E-state index in [9.17, 15) is 4.79 Å². The van der Waals surface area contributed by atoms with Gasteiger partial charge < -0.3 is 9.47 Å². The van der Waals surface area contributed by atoms with E-state index in [1.54, 1.807) is 13.8 Å². The Bertz CT molecular complexity index is 305. The normalized spacial score (nSPS) is 16.5. The maximum atomic E-state index is 11.8. The lowest BCUT2D eigenvalue weighted by molar-refractivity contribution is 0.0347. The molecule has 1 aliphatic heterocycles. The zero-order valence-electron chi connectivity index (χ0n) is 9.83. The monoisotopic (exact) mass is 211 g/mol. The van der Waals surface area contributed by atoms with Gasteiger partial charge in [0, 0.05) is 0 Å². The second kappa shape index (κ2) is 3.96. The van der Waals surface area contributed by atoms with Crippen molar-refractivity contribution in [1.82, 2.24) is 4.90 Å². The fourth-order valence-corrected chi connectivity index (χ4v) is 1.21. The van der Waals surface area contributed by atoms with Crippen LogP contribution in [0.1, 0.15) is 34.6 Å². The van der Waals surface area contributed by atoms with Gasteiger partial charge in [0.05, 0.1) is 11.4 Å². The summed E-state index contributed by atoms with van der Waals surface area (Å²) >= 11 is 0. The molecule has 4 heteroatoms. The quantitative estimate of drug-likeness (QED) is 0.618. The van der Waals surface area contributed by atoms with Crippen molar-refractivity contribution in [2.45, 2.75) is 40.2 Å². The van der Waals surface area contributed by atoms with E-state index >= 15 is 0 Å². The van der Waals surface area contributed by atoms with Crippen molar-refractivity contribution >= 4 is 6.09 Å². The Morgan fingerprint density at radius 1 is 1.27 bits per heavy atom. The Hall–Kier alpha value is -1.45. The summed E-state index contributed by atoms with van der Waals surface area (Å²) in [6, 6.07) is 0. The van der Waals surface area contributed by atoms with Gasteiger partial charge in [-0.3, -0.25) is 0 Å². The third kappa shape index (κ3) is 3.01. The maximum absolute atomic E-state index is 11.8. The molecule has 1 rings (SSSR count). The molecule has 84 valence electrons. The summed E-state index contributed by atoms with van der Waals surface area (Å²) in [5.41, 5.74) is 0.934. The lowest BCUT2D eigenvalue weighted by atomic mass is 10.2. The van der Waals surface area contributed by atoms with E-state index < -0.39 is 5.60 Å². The van der Waals surface area contributed by atoms with Crippen LogP contribution in [0.5, 0.6) is 0 Å². The van der Waals surface area contributed by atoms with Gasteiger partial charge in [-0.1, -0.05) is 0 Å². The number of carbonyl (C=O) groups is 1. The second-order valence-corrected chi connectivity index (χ2v) is 4.47. The minimum atomic E-state index is -0.490. The summed E-state index contributed by atoms with van der Waals surface area (Å²) in [6.07, 6.45) is 2.64. The minimum absolute atomic E-state index is 0.381. The molecular weight excluding hydrogens is 194 g/mol. The van der Waals surface area contributed by atoms with Crippen LogP contribution in [0, 0.1) is 0 Å². The Kier molecular flexibility index (Phi) is 3.07. The first-order valence-corrected chi connectivity index (χ1v) is 4.83. The molecule has 0 saturated carbocycles. The lowest BCUT2D eigenvalue weighted by Crippen LogP contribution is -2.35. The molecule has 0 aromatic rings. The molecule has 1 aliphatic rings. The summed E-state index contributed by atoms with van der Waals surface area (Å²) in [5, 5.41) is 0. The third-order valence-corrected chi connectivity index (χ3v) is 1.76. The zero-order valence-corrected chi connectivity index (χ0v) is 9.83. The molecule has 0 aromatic carbocycles. The summed E-state index contributed by atoms with van der Waals surface area (Å²) < 4.78 is 10.3. The molecule has 1 heterocycles. The van der Waals surface area contributed by atoms with Crippen molar-refractivity contribution in [3.63, 3.8) is 0 Å². The van der Waals surface area contributed by atoms with Gasteiger partial charge in [0.2, 0.25) is 0 Å². The molecule has 0 unspecified atom stereocenters. The summed E-state index contributed by atoms with van der Waals surface area (Å²) in [5.74, 6) is 0. The molecule has 0 bridgehead atoms. The number of hydrogen-bond acceptors (Lipinski definition) is 3. The largest absolute Gasteiger partial charge is 0.469 e. The van der Waals surface area contributed by atoms with E-state index in [1.807, 2.05) is 20.8 Å². The molecule has 0 aromatic heterocycles. The van der Waals surface area contributed by atoms with Gasteiger partial charge in [-0.15, -0.1) is 0 Å². The number of hydrogen-bond donors (Lipinski definition) is 0. The first kappa shape index (κ1) is 11.6. The van der Waals surface area contributed by atoms with Crippen LogP contribution in [0.3, 0.4) is 0 Å². The fourth-order valence-electron chi connectivity index (χ4n) is 1.21. The number of allylic oxidation sites excluding steroid dienone is 2. The van der Waals surface area contributed by atoms with Gasteiger partial charge in [-0.25, -0.2) is 9.69 Å². The molecule has 0 aliphatic carbocycles. The smallest absolute Gasteiger partial charge is 0.419 e. The first-order chi connectivity index (χ1) is 6.81. The van der Waals surface area contributed by atoms with Crippen LogP contribution in [0.4, 0.5) is 4.79 Å². The van der Waals surface area contributed by atoms with Crippen molar-refractivity contribution in [3.8, 4) is 0 Å². The van der Waals surface area contributed by atoms with Crippen LogP contribution in [-0.2, 0) is 9.47 Å². The number of ether oxygens (including phenoxy) is 2. The first-order valence-electron chi connectivity index (χ1n) is 4.83. The average Bonchev–Trinajstić information content (AvgIpc) is 1.99. The molecule has 15 heavy (non-hydrogen) atoms. The van der Waals surface area contributed by atoms with Crippen molar-refractivity contribution in [2.24, 2.45) is 0 Å². The van der Waals surface area contributed by atoms with Crippen molar-refractivity contribution < 1.29 is 14.3 Å². The van der Waals surface area contributed by atoms with Gasteiger partial charge in [-0.05, 0) is 34.6 Å². The fraction of sp³-hybridized carbons (Fsp3) is 0.545. The van der Waals surface area contributed by atoms with Crippen LogP contribution >= 0.6 is 0 Å². The van der Waals surface area contributed by atoms with Crippen LogP contribution in [-0.4, -0.2) is 16.6 Å². The average molecular weight is 211 g/mol. The number of rotatable bonds is 0. The highest BCUT2D eigenvalue weighted by molar-refractivity contribution is 5.72. The SMILES string of the molecule is CC1=COC=C(C)N1C(=O)OC(C)(C)C. The van der Waals surface area contributed by atoms with E-state index in [-0.39, 0.29) is 6.09 Å². The molecule has 0 saturated heterocycles. The van der Waals surface area contributed by atoms with Gasteiger partial charge in [-0.2, -0.15) is 0 Å². The highest BCUT2D eigenvalue weighted by Gasteiger charge is 2.26. The Morgan fingerprint density at radius 3 is 2.13 bits per heavy atom. The number of amides is 1.